The second-order valence-electron chi connectivity index (χ2n) is 4.30. The molecule has 0 unspecified atom stereocenters. The molecule has 0 aliphatic carbocycles. The van der Waals surface area contributed by atoms with E-state index in [4.69, 9.17) is 10.8 Å². The molecule has 0 aromatic heterocycles. The molecule has 0 aliphatic heterocycles. The fourth-order valence-electron chi connectivity index (χ4n) is 2.01. The van der Waals surface area contributed by atoms with Crippen LogP contribution in [0.2, 0.25) is 0 Å². The molecule has 4 heteroatoms. The molecular formula is C15H17FN2O. The van der Waals surface area contributed by atoms with E-state index in [0.717, 1.165) is 5.56 Å². The maximum atomic E-state index is 13.5. The van der Waals surface area contributed by atoms with Gasteiger partial charge >= 0.3 is 0 Å². The van der Waals surface area contributed by atoms with Crippen LogP contribution in [0.25, 0.3) is 0 Å². The maximum absolute atomic E-state index is 13.5. The third-order valence-corrected chi connectivity index (χ3v) is 2.96. The molecule has 2 aromatic rings. The number of para-hydroxylation sites is 1. The molecule has 19 heavy (non-hydrogen) atoms. The van der Waals surface area contributed by atoms with Crippen molar-refractivity contribution in [1.82, 2.24) is 0 Å². The average molecular weight is 260 g/mol. The molecule has 2 aromatic carbocycles. The smallest absolute Gasteiger partial charge is 0.148 e. The zero-order chi connectivity index (χ0) is 13.7. The molecule has 0 saturated carbocycles. The number of nitrogens with two attached hydrogens (primary N) is 1. The third kappa shape index (κ3) is 3.23. The molecule has 0 atom stereocenters. The minimum absolute atomic E-state index is 0.0111. The van der Waals surface area contributed by atoms with Gasteiger partial charge in [0, 0.05) is 13.1 Å². The largest absolute Gasteiger partial charge is 0.395 e. The predicted molar refractivity (Wildman–Crippen MR) is 75.4 cm³/mol. The number of aliphatic hydroxyl groups excluding tert-OH is 1. The summed E-state index contributed by atoms with van der Waals surface area (Å²) in [6.45, 7) is 0.973. The first-order valence-corrected chi connectivity index (χ1v) is 6.16. The molecular weight excluding hydrogens is 243 g/mol. The van der Waals surface area contributed by atoms with Crippen LogP contribution < -0.4 is 10.6 Å². The van der Waals surface area contributed by atoms with Gasteiger partial charge < -0.3 is 15.7 Å². The number of benzene rings is 2. The van der Waals surface area contributed by atoms with Gasteiger partial charge in [-0.3, -0.25) is 0 Å². The van der Waals surface area contributed by atoms with Crippen LogP contribution >= 0.6 is 0 Å². The molecule has 0 fully saturated rings. The first-order chi connectivity index (χ1) is 9.22. The van der Waals surface area contributed by atoms with Crippen molar-refractivity contribution >= 4 is 11.4 Å². The predicted octanol–water partition coefficient (Wildman–Crippen LogP) is 2.41. The number of halogens is 1. The van der Waals surface area contributed by atoms with Crippen LogP contribution in [0.4, 0.5) is 15.8 Å². The fourth-order valence-corrected chi connectivity index (χ4v) is 2.01. The lowest BCUT2D eigenvalue weighted by molar-refractivity contribution is 0.301. The Labute approximate surface area is 112 Å². The van der Waals surface area contributed by atoms with E-state index in [9.17, 15) is 4.39 Å². The monoisotopic (exact) mass is 260 g/mol. The van der Waals surface area contributed by atoms with E-state index in [1.54, 1.807) is 12.1 Å². The second kappa shape index (κ2) is 6.20. The van der Waals surface area contributed by atoms with E-state index in [2.05, 4.69) is 0 Å². The summed E-state index contributed by atoms with van der Waals surface area (Å²) in [4.78, 5) is 1.87. The highest BCUT2D eigenvalue weighted by molar-refractivity contribution is 5.68. The molecule has 0 saturated heterocycles. The van der Waals surface area contributed by atoms with E-state index in [1.165, 1.54) is 6.07 Å². The van der Waals surface area contributed by atoms with Crippen molar-refractivity contribution < 1.29 is 9.50 Å². The molecule has 0 bridgehead atoms. The zero-order valence-corrected chi connectivity index (χ0v) is 10.6. The van der Waals surface area contributed by atoms with Gasteiger partial charge in [-0.05, 0) is 17.7 Å². The van der Waals surface area contributed by atoms with Crippen LogP contribution in [-0.4, -0.2) is 18.3 Å². The van der Waals surface area contributed by atoms with Gasteiger partial charge in [0.25, 0.3) is 0 Å². The zero-order valence-electron chi connectivity index (χ0n) is 10.6. The normalized spacial score (nSPS) is 10.4. The van der Waals surface area contributed by atoms with Gasteiger partial charge in [-0.2, -0.15) is 0 Å². The molecule has 3 N–H and O–H groups in total. The van der Waals surface area contributed by atoms with E-state index < -0.39 is 5.82 Å². The van der Waals surface area contributed by atoms with Crippen LogP contribution in [0.3, 0.4) is 0 Å². The van der Waals surface area contributed by atoms with Crippen molar-refractivity contribution in [3.8, 4) is 0 Å². The fraction of sp³-hybridized carbons (Fsp3) is 0.200. The highest BCUT2D eigenvalue weighted by Gasteiger charge is 2.12. The molecule has 0 aliphatic rings. The van der Waals surface area contributed by atoms with E-state index >= 15 is 0 Å². The summed E-state index contributed by atoms with van der Waals surface area (Å²) in [7, 11) is 0. The molecule has 2 rings (SSSR count). The number of nitrogens with zero attached hydrogens (tertiary/aromatic N) is 1. The highest BCUT2D eigenvalue weighted by Crippen LogP contribution is 2.26. The number of aliphatic hydroxyl groups is 1. The first kappa shape index (κ1) is 13.4. The van der Waals surface area contributed by atoms with E-state index in [-0.39, 0.29) is 12.3 Å². The SMILES string of the molecule is Nc1c(F)cccc1N(CCO)Cc1ccccc1. The Kier molecular flexibility index (Phi) is 4.36. The molecule has 0 amide bonds. The Morgan fingerprint density at radius 2 is 1.79 bits per heavy atom. The molecule has 0 spiro atoms. The Balaban J connectivity index is 2.27. The van der Waals surface area contributed by atoms with Gasteiger partial charge in [0.1, 0.15) is 5.82 Å². The topological polar surface area (TPSA) is 49.5 Å². The van der Waals surface area contributed by atoms with Crippen molar-refractivity contribution in [1.29, 1.82) is 0 Å². The summed E-state index contributed by atoms with van der Waals surface area (Å²) < 4.78 is 13.5. The highest BCUT2D eigenvalue weighted by atomic mass is 19.1. The lowest BCUT2D eigenvalue weighted by atomic mass is 10.1. The number of rotatable bonds is 5. The Morgan fingerprint density at radius 3 is 2.47 bits per heavy atom. The Bertz CT molecular complexity index is 531. The van der Waals surface area contributed by atoms with Gasteiger partial charge in [0.2, 0.25) is 0 Å². The summed E-state index contributed by atoms with van der Waals surface area (Å²) in [6, 6.07) is 14.5. The number of anilines is 2. The van der Waals surface area contributed by atoms with Crippen LogP contribution in [0.15, 0.2) is 48.5 Å². The standard InChI is InChI=1S/C15H17FN2O/c16-13-7-4-8-14(15(13)17)18(9-10-19)11-12-5-2-1-3-6-12/h1-8,19H,9-11,17H2. The van der Waals surface area contributed by atoms with E-state index in [0.29, 0.717) is 18.8 Å². The molecule has 0 radical (unpaired) electrons. The van der Waals surface area contributed by atoms with Crippen molar-refractivity contribution in [3.05, 3.63) is 59.9 Å². The van der Waals surface area contributed by atoms with Crippen molar-refractivity contribution in [3.63, 3.8) is 0 Å². The van der Waals surface area contributed by atoms with Crippen molar-refractivity contribution in [2.45, 2.75) is 6.54 Å². The lowest BCUT2D eigenvalue weighted by Crippen LogP contribution is -2.27. The van der Waals surface area contributed by atoms with Gasteiger partial charge in [0.05, 0.1) is 18.0 Å². The van der Waals surface area contributed by atoms with Crippen LogP contribution in [0.1, 0.15) is 5.56 Å². The quantitative estimate of drug-likeness (QED) is 0.812. The third-order valence-electron chi connectivity index (χ3n) is 2.96. The summed E-state index contributed by atoms with van der Waals surface area (Å²) in [5.41, 5.74) is 7.58. The molecule has 0 heterocycles. The summed E-state index contributed by atoms with van der Waals surface area (Å²) in [6.07, 6.45) is 0. The Morgan fingerprint density at radius 1 is 1.05 bits per heavy atom. The lowest BCUT2D eigenvalue weighted by Gasteiger charge is -2.25. The molecule has 3 nitrogen and oxygen atoms in total. The maximum Gasteiger partial charge on any atom is 0.148 e. The number of hydrogen-bond acceptors (Lipinski definition) is 3. The van der Waals surface area contributed by atoms with Crippen LogP contribution in [0.5, 0.6) is 0 Å². The van der Waals surface area contributed by atoms with Crippen molar-refractivity contribution in [2.24, 2.45) is 0 Å². The first-order valence-electron chi connectivity index (χ1n) is 6.16. The van der Waals surface area contributed by atoms with Gasteiger partial charge in [0.15, 0.2) is 0 Å². The van der Waals surface area contributed by atoms with Crippen LogP contribution in [0, 0.1) is 5.82 Å². The minimum Gasteiger partial charge on any atom is -0.395 e. The summed E-state index contributed by atoms with van der Waals surface area (Å²) in [5, 5.41) is 9.16. The number of hydrogen-bond donors (Lipinski definition) is 2. The number of nitrogen functional groups attached to an aromatic ring is 1. The van der Waals surface area contributed by atoms with Crippen molar-refractivity contribution in [2.75, 3.05) is 23.8 Å². The van der Waals surface area contributed by atoms with E-state index in [1.807, 2.05) is 35.2 Å². The minimum atomic E-state index is -0.437. The average Bonchev–Trinajstić information content (AvgIpc) is 2.43. The summed E-state index contributed by atoms with van der Waals surface area (Å²) in [5.74, 6) is -0.437. The Hall–Kier alpha value is -2.07. The molecule has 100 valence electrons. The van der Waals surface area contributed by atoms with Crippen LogP contribution in [-0.2, 0) is 6.54 Å². The van der Waals surface area contributed by atoms with Gasteiger partial charge in [-0.15, -0.1) is 0 Å². The summed E-state index contributed by atoms with van der Waals surface area (Å²) >= 11 is 0. The van der Waals surface area contributed by atoms with Gasteiger partial charge in [-0.25, -0.2) is 4.39 Å². The van der Waals surface area contributed by atoms with Gasteiger partial charge in [-0.1, -0.05) is 36.4 Å². The second-order valence-corrected chi connectivity index (χ2v) is 4.30.